The summed E-state index contributed by atoms with van der Waals surface area (Å²) in [4.78, 5) is 1.23. The topological polar surface area (TPSA) is 29.5 Å². The molecule has 1 saturated carbocycles. The maximum Gasteiger partial charge on any atom is 0.125 e. The minimum absolute atomic E-state index is 0.0427. The fourth-order valence-electron chi connectivity index (χ4n) is 2.27. The van der Waals surface area contributed by atoms with Crippen LogP contribution in [-0.4, -0.2) is 23.6 Å². The minimum atomic E-state index is -0.313. The largest absolute Gasteiger partial charge is 0.488 e. The number of aliphatic hydroxyl groups excluding tert-OH is 1. The smallest absolute Gasteiger partial charge is 0.125 e. The van der Waals surface area contributed by atoms with Gasteiger partial charge in [-0.15, -0.1) is 11.8 Å². The highest BCUT2D eigenvalue weighted by atomic mass is 32.2. The lowest BCUT2D eigenvalue weighted by Crippen LogP contribution is -2.37. The molecule has 0 bridgehead atoms. The number of aliphatic hydroxyl groups is 1. The van der Waals surface area contributed by atoms with Crippen molar-refractivity contribution in [3.05, 3.63) is 24.3 Å². The summed E-state index contributed by atoms with van der Waals surface area (Å²) in [5.74, 6) is 1.51. The van der Waals surface area contributed by atoms with Crippen LogP contribution in [0.3, 0.4) is 0 Å². The first-order valence-corrected chi connectivity index (χ1v) is 7.40. The van der Waals surface area contributed by atoms with Crippen molar-refractivity contribution < 1.29 is 9.84 Å². The van der Waals surface area contributed by atoms with E-state index in [0.29, 0.717) is 5.92 Å². The number of rotatable bonds is 3. The van der Waals surface area contributed by atoms with Crippen LogP contribution in [0.25, 0.3) is 0 Å². The fraction of sp³-hybridized carbons (Fsp3) is 0.571. The SMILES string of the molecule is CSc1ccc(O[C@@H]2C[C@@H](C)CC[C@H]2O)cc1. The second-order valence-corrected chi connectivity index (χ2v) is 5.70. The van der Waals surface area contributed by atoms with E-state index in [0.717, 1.165) is 25.0 Å². The summed E-state index contributed by atoms with van der Waals surface area (Å²) in [5.41, 5.74) is 0. The van der Waals surface area contributed by atoms with Crippen molar-refractivity contribution in [1.82, 2.24) is 0 Å². The van der Waals surface area contributed by atoms with E-state index in [2.05, 4.69) is 25.3 Å². The summed E-state index contributed by atoms with van der Waals surface area (Å²) in [6.45, 7) is 2.22. The van der Waals surface area contributed by atoms with Gasteiger partial charge >= 0.3 is 0 Å². The Kier molecular flexibility index (Phi) is 4.35. The zero-order valence-corrected chi connectivity index (χ0v) is 11.2. The summed E-state index contributed by atoms with van der Waals surface area (Å²) in [5, 5.41) is 9.92. The monoisotopic (exact) mass is 252 g/mol. The van der Waals surface area contributed by atoms with Gasteiger partial charge in [-0.3, -0.25) is 0 Å². The van der Waals surface area contributed by atoms with E-state index < -0.39 is 0 Å². The van der Waals surface area contributed by atoms with Gasteiger partial charge in [-0.05, 0) is 55.7 Å². The standard InChI is InChI=1S/C14H20O2S/c1-10-3-8-13(15)14(9-10)16-11-4-6-12(17-2)7-5-11/h4-7,10,13-15H,3,8-9H2,1-2H3/t10-,13+,14+/m0/s1. The Morgan fingerprint density at radius 1 is 1.24 bits per heavy atom. The Bertz CT molecular complexity index is 350. The van der Waals surface area contributed by atoms with Crippen LogP contribution in [0.5, 0.6) is 5.75 Å². The molecule has 0 spiro atoms. The Hall–Kier alpha value is -0.670. The average molecular weight is 252 g/mol. The highest BCUT2D eigenvalue weighted by Crippen LogP contribution is 2.28. The summed E-state index contributed by atoms with van der Waals surface area (Å²) in [7, 11) is 0. The Morgan fingerprint density at radius 2 is 1.94 bits per heavy atom. The molecule has 1 fully saturated rings. The van der Waals surface area contributed by atoms with Crippen molar-refractivity contribution in [2.45, 2.75) is 43.3 Å². The first-order valence-electron chi connectivity index (χ1n) is 6.18. The van der Waals surface area contributed by atoms with E-state index >= 15 is 0 Å². The predicted molar refractivity (Wildman–Crippen MR) is 71.7 cm³/mol. The molecule has 0 amide bonds. The third-order valence-corrected chi connectivity index (χ3v) is 4.11. The zero-order chi connectivity index (χ0) is 12.3. The number of hydrogen-bond acceptors (Lipinski definition) is 3. The molecular formula is C14H20O2S. The van der Waals surface area contributed by atoms with Crippen molar-refractivity contribution in [2.75, 3.05) is 6.26 Å². The summed E-state index contributed by atoms with van der Waals surface area (Å²) in [6, 6.07) is 8.08. The third kappa shape index (κ3) is 3.39. The zero-order valence-electron chi connectivity index (χ0n) is 10.4. The van der Waals surface area contributed by atoms with Crippen LogP contribution in [0.4, 0.5) is 0 Å². The van der Waals surface area contributed by atoms with E-state index in [1.54, 1.807) is 11.8 Å². The van der Waals surface area contributed by atoms with Crippen molar-refractivity contribution in [3.8, 4) is 5.75 Å². The molecule has 2 rings (SSSR count). The Morgan fingerprint density at radius 3 is 2.59 bits per heavy atom. The van der Waals surface area contributed by atoms with Crippen LogP contribution >= 0.6 is 11.8 Å². The highest BCUT2D eigenvalue weighted by Gasteiger charge is 2.28. The maximum absolute atomic E-state index is 9.92. The molecule has 94 valence electrons. The van der Waals surface area contributed by atoms with Gasteiger partial charge in [0.15, 0.2) is 0 Å². The van der Waals surface area contributed by atoms with E-state index in [9.17, 15) is 5.11 Å². The molecule has 0 radical (unpaired) electrons. The van der Waals surface area contributed by atoms with Gasteiger partial charge in [0.1, 0.15) is 11.9 Å². The Balaban J connectivity index is 1.98. The molecule has 1 aromatic carbocycles. The fourth-order valence-corrected chi connectivity index (χ4v) is 2.68. The van der Waals surface area contributed by atoms with E-state index in [4.69, 9.17) is 4.74 Å². The van der Waals surface area contributed by atoms with Crippen LogP contribution in [0.2, 0.25) is 0 Å². The van der Waals surface area contributed by atoms with Crippen molar-refractivity contribution >= 4 is 11.8 Å². The molecular weight excluding hydrogens is 232 g/mol. The normalized spacial score (nSPS) is 29.0. The molecule has 17 heavy (non-hydrogen) atoms. The van der Waals surface area contributed by atoms with Crippen molar-refractivity contribution in [3.63, 3.8) is 0 Å². The molecule has 1 aromatic rings. The van der Waals surface area contributed by atoms with Crippen molar-refractivity contribution in [2.24, 2.45) is 5.92 Å². The van der Waals surface area contributed by atoms with Gasteiger partial charge in [0.2, 0.25) is 0 Å². The summed E-state index contributed by atoms with van der Waals surface area (Å²) < 4.78 is 5.88. The van der Waals surface area contributed by atoms with Crippen LogP contribution in [0.15, 0.2) is 29.2 Å². The highest BCUT2D eigenvalue weighted by molar-refractivity contribution is 7.98. The second kappa shape index (κ2) is 5.78. The first kappa shape index (κ1) is 12.8. The van der Waals surface area contributed by atoms with Crippen LogP contribution in [-0.2, 0) is 0 Å². The third-order valence-electron chi connectivity index (χ3n) is 3.37. The van der Waals surface area contributed by atoms with Gasteiger partial charge in [-0.2, -0.15) is 0 Å². The van der Waals surface area contributed by atoms with Gasteiger partial charge in [-0.1, -0.05) is 6.92 Å². The van der Waals surface area contributed by atoms with E-state index in [1.165, 1.54) is 4.90 Å². The van der Waals surface area contributed by atoms with Crippen LogP contribution < -0.4 is 4.74 Å². The molecule has 0 unspecified atom stereocenters. The lowest BCUT2D eigenvalue weighted by molar-refractivity contribution is -0.00760. The lowest BCUT2D eigenvalue weighted by atomic mass is 9.86. The molecule has 1 aliphatic carbocycles. The molecule has 0 saturated heterocycles. The molecule has 1 aliphatic rings. The van der Waals surface area contributed by atoms with E-state index in [-0.39, 0.29) is 12.2 Å². The van der Waals surface area contributed by atoms with Gasteiger partial charge < -0.3 is 9.84 Å². The first-order chi connectivity index (χ1) is 8.19. The quantitative estimate of drug-likeness (QED) is 0.837. The Labute approximate surface area is 107 Å². The van der Waals surface area contributed by atoms with Gasteiger partial charge in [0, 0.05) is 4.90 Å². The molecule has 3 heteroatoms. The molecule has 0 heterocycles. The lowest BCUT2D eigenvalue weighted by Gasteiger charge is -2.31. The molecule has 2 nitrogen and oxygen atoms in total. The maximum atomic E-state index is 9.92. The average Bonchev–Trinajstić information content (AvgIpc) is 2.35. The van der Waals surface area contributed by atoms with Crippen LogP contribution in [0, 0.1) is 5.92 Å². The van der Waals surface area contributed by atoms with Crippen molar-refractivity contribution in [1.29, 1.82) is 0 Å². The summed E-state index contributed by atoms with van der Waals surface area (Å²) >= 11 is 1.72. The van der Waals surface area contributed by atoms with Crippen LogP contribution in [0.1, 0.15) is 26.2 Å². The molecule has 0 aliphatic heterocycles. The number of ether oxygens (including phenoxy) is 1. The summed E-state index contributed by atoms with van der Waals surface area (Å²) in [6.07, 6.45) is 4.61. The predicted octanol–water partition coefficient (Wildman–Crippen LogP) is 3.34. The molecule has 3 atom stereocenters. The molecule has 0 aromatic heterocycles. The van der Waals surface area contributed by atoms with E-state index in [1.807, 2.05) is 12.1 Å². The number of thioether (sulfide) groups is 1. The van der Waals surface area contributed by atoms with Gasteiger partial charge in [0.05, 0.1) is 6.10 Å². The van der Waals surface area contributed by atoms with Gasteiger partial charge in [-0.25, -0.2) is 0 Å². The number of hydrogen-bond donors (Lipinski definition) is 1. The molecule has 1 N–H and O–H groups in total. The van der Waals surface area contributed by atoms with Gasteiger partial charge in [0.25, 0.3) is 0 Å². The number of benzene rings is 1. The minimum Gasteiger partial charge on any atom is -0.488 e. The second-order valence-electron chi connectivity index (χ2n) is 4.82.